The van der Waals surface area contributed by atoms with Crippen LogP contribution in [0.1, 0.15) is 28.1 Å². The molecule has 0 saturated carbocycles. The first-order valence-corrected chi connectivity index (χ1v) is 7.78. The standard InChI is InChI=1S/C18H18F2N4O/c1-11-8-13(4-6-15(11)19)18(25,10-17-21-22-23-24(17)3)14-5-7-16(20)12(2)9-14/h4-9,25H,10H2,1-3H3. The molecule has 1 N–H and O–H groups in total. The van der Waals surface area contributed by atoms with Crippen LogP contribution >= 0.6 is 0 Å². The predicted molar refractivity (Wildman–Crippen MR) is 87.8 cm³/mol. The van der Waals surface area contributed by atoms with Gasteiger partial charge >= 0.3 is 0 Å². The van der Waals surface area contributed by atoms with Crippen LogP contribution < -0.4 is 0 Å². The Labute approximate surface area is 143 Å². The van der Waals surface area contributed by atoms with E-state index < -0.39 is 5.60 Å². The summed E-state index contributed by atoms with van der Waals surface area (Å²) >= 11 is 0. The van der Waals surface area contributed by atoms with Gasteiger partial charge in [0.2, 0.25) is 0 Å². The molecular formula is C18H18F2N4O. The Bertz CT molecular complexity index is 872. The minimum atomic E-state index is -1.53. The predicted octanol–water partition coefficient (Wildman–Crippen LogP) is 2.58. The number of aryl methyl sites for hydroxylation is 3. The molecule has 2 aromatic carbocycles. The van der Waals surface area contributed by atoms with E-state index in [0.717, 1.165) is 0 Å². The van der Waals surface area contributed by atoms with Gasteiger partial charge in [-0.2, -0.15) is 0 Å². The van der Waals surface area contributed by atoms with Crippen molar-refractivity contribution in [2.24, 2.45) is 7.05 Å². The third-order valence-electron chi connectivity index (χ3n) is 4.39. The number of rotatable bonds is 4. The SMILES string of the molecule is Cc1cc(C(O)(Cc2nnnn2C)c2ccc(F)c(C)c2)ccc1F. The summed E-state index contributed by atoms with van der Waals surface area (Å²) in [5.41, 5.74) is 0.261. The van der Waals surface area contributed by atoms with E-state index in [2.05, 4.69) is 15.5 Å². The normalized spacial score (nSPS) is 11.8. The summed E-state index contributed by atoms with van der Waals surface area (Å²) < 4.78 is 28.8. The summed E-state index contributed by atoms with van der Waals surface area (Å²) in [7, 11) is 1.67. The molecule has 5 nitrogen and oxygen atoms in total. The summed E-state index contributed by atoms with van der Waals surface area (Å²) in [5.74, 6) is -0.269. The van der Waals surface area contributed by atoms with E-state index in [9.17, 15) is 13.9 Å². The first-order chi connectivity index (χ1) is 11.8. The maximum Gasteiger partial charge on any atom is 0.154 e. The fourth-order valence-corrected chi connectivity index (χ4v) is 2.80. The number of tetrazole rings is 1. The van der Waals surface area contributed by atoms with Gasteiger partial charge in [0.1, 0.15) is 17.2 Å². The van der Waals surface area contributed by atoms with Crippen molar-refractivity contribution in [2.45, 2.75) is 25.9 Å². The van der Waals surface area contributed by atoms with E-state index in [1.54, 1.807) is 33.0 Å². The van der Waals surface area contributed by atoms with Gasteiger partial charge in [-0.1, -0.05) is 12.1 Å². The number of benzene rings is 2. The van der Waals surface area contributed by atoms with Crippen molar-refractivity contribution in [3.05, 3.63) is 76.1 Å². The lowest BCUT2D eigenvalue weighted by atomic mass is 9.82. The van der Waals surface area contributed by atoms with E-state index in [4.69, 9.17) is 0 Å². The minimum absolute atomic E-state index is 0.0621. The number of nitrogens with zero attached hydrogens (tertiary/aromatic N) is 4. The Morgan fingerprint density at radius 2 is 1.52 bits per heavy atom. The van der Waals surface area contributed by atoms with Crippen molar-refractivity contribution >= 4 is 0 Å². The maximum atomic E-state index is 13.7. The van der Waals surface area contributed by atoms with Crippen LogP contribution in [0.4, 0.5) is 8.78 Å². The van der Waals surface area contributed by atoms with E-state index in [1.807, 2.05) is 0 Å². The Morgan fingerprint density at radius 1 is 1.00 bits per heavy atom. The van der Waals surface area contributed by atoms with Crippen LogP contribution in [0.5, 0.6) is 0 Å². The summed E-state index contributed by atoms with van der Waals surface area (Å²) in [5, 5.41) is 22.8. The van der Waals surface area contributed by atoms with Gasteiger partial charge in [-0.05, 0) is 70.8 Å². The molecule has 0 saturated heterocycles. The van der Waals surface area contributed by atoms with Crippen LogP contribution in [0.2, 0.25) is 0 Å². The fraction of sp³-hybridized carbons (Fsp3) is 0.278. The first-order valence-electron chi connectivity index (χ1n) is 7.78. The van der Waals surface area contributed by atoms with Crippen molar-refractivity contribution in [3.8, 4) is 0 Å². The molecule has 0 fully saturated rings. The molecular weight excluding hydrogens is 326 g/mol. The Balaban J connectivity index is 2.17. The van der Waals surface area contributed by atoms with Crippen LogP contribution in [-0.4, -0.2) is 25.3 Å². The molecule has 0 atom stereocenters. The molecule has 0 unspecified atom stereocenters. The summed E-state index contributed by atoms with van der Waals surface area (Å²) in [6.07, 6.45) is 0.0621. The average Bonchev–Trinajstić information content (AvgIpc) is 2.97. The maximum absolute atomic E-state index is 13.7. The molecule has 7 heteroatoms. The third kappa shape index (κ3) is 3.15. The average molecular weight is 344 g/mol. The molecule has 0 spiro atoms. The van der Waals surface area contributed by atoms with Crippen LogP contribution in [0.15, 0.2) is 36.4 Å². The van der Waals surface area contributed by atoms with E-state index in [-0.39, 0.29) is 18.1 Å². The molecule has 1 heterocycles. The molecule has 0 aliphatic carbocycles. The van der Waals surface area contributed by atoms with Gasteiger partial charge in [0, 0.05) is 13.5 Å². The zero-order valence-corrected chi connectivity index (χ0v) is 14.2. The monoisotopic (exact) mass is 344 g/mol. The van der Waals surface area contributed by atoms with Crippen molar-refractivity contribution in [1.29, 1.82) is 0 Å². The highest BCUT2D eigenvalue weighted by Gasteiger charge is 2.34. The number of halogens is 2. The number of aliphatic hydroxyl groups is 1. The molecule has 130 valence electrons. The molecule has 0 radical (unpaired) electrons. The number of hydrogen-bond donors (Lipinski definition) is 1. The fourth-order valence-electron chi connectivity index (χ4n) is 2.80. The molecule has 0 aliphatic heterocycles. The summed E-state index contributed by atoms with van der Waals surface area (Å²) in [6, 6.07) is 8.81. The van der Waals surface area contributed by atoms with Crippen molar-refractivity contribution in [3.63, 3.8) is 0 Å². The van der Waals surface area contributed by atoms with Crippen LogP contribution in [-0.2, 0) is 19.1 Å². The van der Waals surface area contributed by atoms with Gasteiger partial charge in [-0.15, -0.1) is 5.10 Å². The minimum Gasteiger partial charge on any atom is -0.380 e. The second kappa shape index (κ2) is 6.33. The summed E-state index contributed by atoms with van der Waals surface area (Å²) in [6.45, 7) is 3.25. The highest BCUT2D eigenvalue weighted by atomic mass is 19.1. The second-order valence-electron chi connectivity index (χ2n) is 6.18. The number of aromatic nitrogens is 4. The summed E-state index contributed by atoms with van der Waals surface area (Å²) in [4.78, 5) is 0. The smallest absolute Gasteiger partial charge is 0.154 e. The highest BCUT2D eigenvalue weighted by Crippen LogP contribution is 2.34. The Hall–Kier alpha value is -2.67. The van der Waals surface area contributed by atoms with Crippen molar-refractivity contribution in [2.75, 3.05) is 0 Å². The lowest BCUT2D eigenvalue weighted by molar-refractivity contribution is 0.0775. The van der Waals surface area contributed by atoms with Gasteiger partial charge in [0.15, 0.2) is 5.82 Å². The van der Waals surface area contributed by atoms with Crippen LogP contribution in [0.3, 0.4) is 0 Å². The quantitative estimate of drug-likeness (QED) is 0.790. The Morgan fingerprint density at radius 3 is 1.92 bits per heavy atom. The van der Waals surface area contributed by atoms with Crippen LogP contribution in [0.25, 0.3) is 0 Å². The third-order valence-corrected chi connectivity index (χ3v) is 4.39. The van der Waals surface area contributed by atoms with E-state index in [0.29, 0.717) is 28.1 Å². The van der Waals surface area contributed by atoms with Gasteiger partial charge < -0.3 is 5.11 Å². The molecule has 25 heavy (non-hydrogen) atoms. The number of hydrogen-bond acceptors (Lipinski definition) is 4. The zero-order valence-electron chi connectivity index (χ0n) is 14.2. The largest absolute Gasteiger partial charge is 0.380 e. The van der Waals surface area contributed by atoms with E-state index >= 15 is 0 Å². The Kier molecular flexibility index (Phi) is 4.34. The first kappa shape index (κ1) is 17.2. The van der Waals surface area contributed by atoms with Gasteiger partial charge in [0.25, 0.3) is 0 Å². The molecule has 0 amide bonds. The highest BCUT2D eigenvalue weighted by molar-refractivity contribution is 5.40. The van der Waals surface area contributed by atoms with Gasteiger partial charge in [-0.25, -0.2) is 13.5 Å². The lowest BCUT2D eigenvalue weighted by Crippen LogP contribution is -2.32. The van der Waals surface area contributed by atoms with E-state index in [1.165, 1.54) is 28.9 Å². The van der Waals surface area contributed by atoms with Crippen molar-refractivity contribution in [1.82, 2.24) is 20.2 Å². The lowest BCUT2D eigenvalue weighted by Gasteiger charge is -2.29. The van der Waals surface area contributed by atoms with Gasteiger partial charge in [-0.3, -0.25) is 0 Å². The second-order valence-corrected chi connectivity index (χ2v) is 6.18. The molecule has 0 aliphatic rings. The van der Waals surface area contributed by atoms with Crippen LogP contribution in [0, 0.1) is 25.5 Å². The van der Waals surface area contributed by atoms with Crippen molar-refractivity contribution < 1.29 is 13.9 Å². The molecule has 3 rings (SSSR count). The molecule has 1 aromatic heterocycles. The topological polar surface area (TPSA) is 63.8 Å². The zero-order chi connectivity index (χ0) is 18.2. The van der Waals surface area contributed by atoms with Gasteiger partial charge in [0.05, 0.1) is 0 Å². The molecule has 3 aromatic rings. The molecule has 0 bridgehead atoms.